The maximum absolute atomic E-state index is 12.3. The number of ether oxygens (including phenoxy) is 2. The number of nitrogens with one attached hydrogen (secondary N) is 1. The highest BCUT2D eigenvalue weighted by atomic mass is 32.2. The number of fused-ring (bicyclic) bond motifs is 1. The largest absolute Gasteiger partial charge is 0.472 e. The molecule has 0 spiro atoms. The molecular formula is C36H68N5O7PS. The van der Waals surface area contributed by atoms with Crippen LogP contribution in [-0.2, 0) is 29.8 Å². The van der Waals surface area contributed by atoms with E-state index in [0.29, 0.717) is 18.3 Å². The molecule has 0 bridgehead atoms. The molecule has 0 saturated heterocycles. The molecule has 2 aromatic rings. The van der Waals surface area contributed by atoms with Crippen LogP contribution in [-0.4, -0.2) is 67.9 Å². The predicted octanol–water partition coefficient (Wildman–Crippen LogP) is 9.16. The first kappa shape index (κ1) is 44.7. The third-order valence-corrected chi connectivity index (χ3v) is 11.4. The smallest absolute Gasteiger partial charge is 0.377 e. The lowest BCUT2D eigenvalue weighted by Crippen LogP contribution is -2.25. The summed E-state index contributed by atoms with van der Waals surface area (Å²) >= 11 is 2.06. The van der Waals surface area contributed by atoms with Crippen molar-refractivity contribution in [1.29, 1.82) is 0 Å². The summed E-state index contributed by atoms with van der Waals surface area (Å²) in [5, 5.41) is 0.455. The molecule has 0 fully saturated rings. The van der Waals surface area contributed by atoms with E-state index >= 15 is 0 Å². The van der Waals surface area contributed by atoms with Crippen molar-refractivity contribution in [1.82, 2.24) is 19.5 Å². The lowest BCUT2D eigenvalue weighted by atomic mass is 10.1. The van der Waals surface area contributed by atoms with Crippen molar-refractivity contribution in [3.63, 3.8) is 0 Å². The van der Waals surface area contributed by atoms with Gasteiger partial charge in [0.1, 0.15) is 6.73 Å². The molecule has 0 radical (unpaired) electrons. The van der Waals surface area contributed by atoms with Gasteiger partial charge in [0.2, 0.25) is 5.95 Å². The lowest BCUT2D eigenvalue weighted by Gasteiger charge is -2.24. The van der Waals surface area contributed by atoms with Crippen LogP contribution in [0.25, 0.3) is 11.2 Å². The van der Waals surface area contributed by atoms with Gasteiger partial charge in [-0.3, -0.25) is 23.4 Å². The lowest BCUT2D eigenvalue weighted by molar-refractivity contribution is 0.0365. The third-order valence-electron chi connectivity index (χ3n) is 8.83. The van der Waals surface area contributed by atoms with Crippen molar-refractivity contribution in [3.8, 4) is 0 Å². The molecule has 14 heteroatoms. The first-order valence-electron chi connectivity index (χ1n) is 19.4. The zero-order chi connectivity index (χ0) is 36.3. The molecule has 0 aliphatic rings. The van der Waals surface area contributed by atoms with Gasteiger partial charge in [0.15, 0.2) is 11.2 Å². The number of phosphoric ester groups is 1. The quantitative estimate of drug-likeness (QED) is 0.0462. The average Bonchev–Trinajstić information content (AvgIpc) is 3.49. The van der Waals surface area contributed by atoms with E-state index in [0.717, 1.165) is 6.42 Å². The second-order valence-electron chi connectivity index (χ2n) is 13.3. The minimum Gasteiger partial charge on any atom is -0.377 e. The van der Waals surface area contributed by atoms with Gasteiger partial charge in [-0.1, -0.05) is 123 Å². The normalized spacial score (nSPS) is 14.3. The zero-order valence-electron chi connectivity index (χ0n) is 31.3. The first-order valence-corrected chi connectivity index (χ1v) is 21.9. The molecule has 2 heterocycles. The van der Waals surface area contributed by atoms with Crippen LogP contribution in [0.3, 0.4) is 0 Å². The van der Waals surface area contributed by atoms with E-state index in [1.54, 1.807) is 0 Å². The number of hydrogen-bond donors (Lipinski definition) is 3. The Bertz CT molecular complexity index is 1230. The fraction of sp³-hybridized carbons (Fsp3) is 0.861. The summed E-state index contributed by atoms with van der Waals surface area (Å²) in [6.45, 7) is 7.07. The SMILES string of the molecule is CCCCCCCCCCCCCCCSC(CCCCCCC)C(C)OCCCOP(=O)(O)OCCOCn1cnc2c(=O)[nH]c(N)nc21. The number of anilines is 1. The number of nitrogens with two attached hydrogens (primary N) is 1. The number of unbranched alkanes of at least 4 members (excludes halogenated alkanes) is 16. The summed E-state index contributed by atoms with van der Waals surface area (Å²) in [5.74, 6) is 1.15. The Morgan fingerprint density at radius 1 is 0.840 bits per heavy atom. The molecule has 3 atom stereocenters. The van der Waals surface area contributed by atoms with Crippen LogP contribution >= 0.6 is 19.6 Å². The van der Waals surface area contributed by atoms with Gasteiger partial charge in [-0.05, 0) is 31.9 Å². The van der Waals surface area contributed by atoms with E-state index in [1.807, 2.05) is 0 Å². The van der Waals surface area contributed by atoms with E-state index in [4.69, 9.17) is 24.3 Å². The van der Waals surface area contributed by atoms with Gasteiger partial charge in [0.05, 0.1) is 32.3 Å². The number of thioether (sulfide) groups is 1. The monoisotopic (exact) mass is 745 g/mol. The molecule has 2 aromatic heterocycles. The van der Waals surface area contributed by atoms with Crippen molar-refractivity contribution < 1.29 is 28.0 Å². The number of aromatic amines is 1. The summed E-state index contributed by atoms with van der Waals surface area (Å²) < 4.78 is 35.6. The number of phosphoric acid groups is 1. The van der Waals surface area contributed by atoms with Gasteiger partial charge < -0.3 is 20.1 Å². The van der Waals surface area contributed by atoms with Crippen LogP contribution < -0.4 is 11.3 Å². The first-order chi connectivity index (χ1) is 24.3. The molecule has 4 N–H and O–H groups in total. The van der Waals surface area contributed by atoms with E-state index in [9.17, 15) is 14.3 Å². The number of imidazole rings is 1. The molecule has 50 heavy (non-hydrogen) atoms. The second kappa shape index (κ2) is 28.1. The Hall–Kier alpha value is -1.47. The maximum atomic E-state index is 12.3. The molecule has 0 amide bonds. The van der Waals surface area contributed by atoms with Gasteiger partial charge >= 0.3 is 7.82 Å². The van der Waals surface area contributed by atoms with Crippen molar-refractivity contribution >= 4 is 36.7 Å². The van der Waals surface area contributed by atoms with Crippen molar-refractivity contribution in [2.24, 2.45) is 0 Å². The number of hydrogen-bond acceptors (Lipinski definition) is 10. The predicted molar refractivity (Wildman–Crippen MR) is 206 cm³/mol. The highest BCUT2D eigenvalue weighted by Gasteiger charge is 2.21. The van der Waals surface area contributed by atoms with E-state index < -0.39 is 13.4 Å². The third kappa shape index (κ3) is 20.5. The number of aromatic nitrogens is 4. The van der Waals surface area contributed by atoms with Gasteiger partial charge in [0.25, 0.3) is 5.56 Å². The van der Waals surface area contributed by atoms with Crippen LogP contribution in [0.1, 0.15) is 149 Å². The minimum absolute atomic E-state index is 0.0132. The van der Waals surface area contributed by atoms with Crippen LogP contribution in [0.15, 0.2) is 11.1 Å². The molecule has 290 valence electrons. The standard InChI is InChI=1S/C36H68N5O7PS/c1-4-6-8-10-11-12-13-14-15-16-17-19-21-28-50-32(23-20-18-9-7-5-2)31(3)46-24-22-25-47-49(43,44)48-27-26-45-30-41-29-38-33-34(41)39-36(37)40-35(33)42/h29,31-32H,4-28,30H2,1-3H3,(H,43,44)(H3,37,39,40,42). The fourth-order valence-electron chi connectivity index (χ4n) is 5.85. The van der Waals surface area contributed by atoms with Gasteiger partial charge in [-0.2, -0.15) is 16.7 Å². The molecular weight excluding hydrogens is 677 g/mol. The van der Waals surface area contributed by atoms with Crippen LogP contribution in [0.2, 0.25) is 0 Å². The summed E-state index contributed by atoms with van der Waals surface area (Å²) in [6.07, 6.45) is 27.4. The Kier molecular flexibility index (Phi) is 25.1. The highest BCUT2D eigenvalue weighted by molar-refractivity contribution is 7.99. The average molecular weight is 746 g/mol. The zero-order valence-corrected chi connectivity index (χ0v) is 33.0. The van der Waals surface area contributed by atoms with Crippen molar-refractivity contribution in [3.05, 3.63) is 16.7 Å². The van der Waals surface area contributed by atoms with Gasteiger partial charge in [-0.25, -0.2) is 9.55 Å². The molecule has 0 aliphatic heterocycles. The maximum Gasteiger partial charge on any atom is 0.472 e. The summed E-state index contributed by atoms with van der Waals surface area (Å²) in [5.41, 5.74) is 5.59. The Morgan fingerprint density at radius 3 is 2.06 bits per heavy atom. The van der Waals surface area contributed by atoms with E-state index in [-0.39, 0.29) is 49.8 Å². The van der Waals surface area contributed by atoms with Crippen LogP contribution in [0, 0.1) is 0 Å². The number of nitrogen functional groups attached to an aromatic ring is 1. The Morgan fingerprint density at radius 2 is 1.42 bits per heavy atom. The van der Waals surface area contributed by atoms with Gasteiger partial charge in [0, 0.05) is 11.9 Å². The van der Waals surface area contributed by atoms with Crippen molar-refractivity contribution in [2.45, 2.75) is 167 Å². The molecule has 3 unspecified atom stereocenters. The fourth-order valence-corrected chi connectivity index (χ4v) is 7.95. The minimum atomic E-state index is -4.22. The van der Waals surface area contributed by atoms with Gasteiger partial charge in [-0.15, -0.1) is 0 Å². The number of H-pyrrole nitrogens is 1. The molecule has 0 aromatic carbocycles. The Labute approximate surface area is 305 Å². The van der Waals surface area contributed by atoms with E-state index in [1.165, 1.54) is 132 Å². The Balaban J connectivity index is 1.56. The highest BCUT2D eigenvalue weighted by Crippen LogP contribution is 2.43. The molecule has 0 aliphatic carbocycles. The van der Waals surface area contributed by atoms with Crippen LogP contribution in [0.4, 0.5) is 5.95 Å². The molecule has 2 rings (SSSR count). The summed E-state index contributed by atoms with van der Waals surface area (Å²) in [4.78, 5) is 32.4. The topological polar surface area (TPSA) is 164 Å². The van der Waals surface area contributed by atoms with Crippen molar-refractivity contribution in [2.75, 3.05) is 37.9 Å². The number of nitrogens with zero attached hydrogens (tertiary/aromatic N) is 3. The molecule has 12 nitrogen and oxygen atoms in total. The second-order valence-corrected chi connectivity index (χ2v) is 16.1. The summed E-state index contributed by atoms with van der Waals surface area (Å²) in [6, 6.07) is 0. The van der Waals surface area contributed by atoms with Crippen LogP contribution in [0.5, 0.6) is 0 Å². The summed E-state index contributed by atoms with van der Waals surface area (Å²) in [7, 11) is -4.22. The van der Waals surface area contributed by atoms with E-state index in [2.05, 4.69) is 47.5 Å². The number of rotatable bonds is 34. The molecule has 0 saturated carbocycles.